The van der Waals surface area contributed by atoms with Gasteiger partial charge in [-0.3, -0.25) is 9.59 Å². The molecule has 0 bridgehead atoms. The molecule has 25 heavy (non-hydrogen) atoms. The van der Waals surface area contributed by atoms with E-state index in [1.165, 1.54) is 11.1 Å². The molecule has 0 saturated carbocycles. The molecule has 0 spiro atoms. The number of fused-ring (bicyclic) bond motifs is 1. The van der Waals surface area contributed by atoms with Crippen molar-refractivity contribution in [2.75, 3.05) is 13.2 Å². The molecule has 0 radical (unpaired) electrons. The maximum Gasteiger partial charge on any atom is 0.260 e. The van der Waals surface area contributed by atoms with Gasteiger partial charge in [0.1, 0.15) is 5.75 Å². The van der Waals surface area contributed by atoms with Crippen LogP contribution in [0.1, 0.15) is 34.8 Å². The van der Waals surface area contributed by atoms with Gasteiger partial charge in [0.25, 0.3) is 5.91 Å². The Balaban J connectivity index is 1.66. The van der Waals surface area contributed by atoms with Crippen LogP contribution in [0.5, 0.6) is 5.75 Å². The molecule has 1 amide bonds. The van der Waals surface area contributed by atoms with Crippen LogP contribution in [0, 0.1) is 0 Å². The van der Waals surface area contributed by atoms with Crippen molar-refractivity contribution in [3.63, 3.8) is 0 Å². The van der Waals surface area contributed by atoms with Crippen molar-refractivity contribution in [1.82, 2.24) is 4.90 Å². The highest BCUT2D eigenvalue weighted by molar-refractivity contribution is 9.10. The van der Waals surface area contributed by atoms with Gasteiger partial charge in [-0.25, -0.2) is 0 Å². The Morgan fingerprint density at radius 1 is 1.16 bits per heavy atom. The number of Topliss-reactive ketones (excluding diaryl/α,β-unsaturated/α-hetero) is 1. The lowest BCUT2D eigenvalue weighted by molar-refractivity contribution is -0.134. The van der Waals surface area contributed by atoms with Gasteiger partial charge in [0.05, 0.1) is 5.56 Å². The first-order chi connectivity index (χ1) is 12.1. The van der Waals surface area contributed by atoms with Gasteiger partial charge in [0, 0.05) is 24.0 Å². The van der Waals surface area contributed by atoms with Crippen LogP contribution in [0.25, 0.3) is 0 Å². The van der Waals surface area contributed by atoms with Gasteiger partial charge in [0.15, 0.2) is 12.4 Å². The third-order valence-electron chi connectivity index (χ3n) is 4.40. The topological polar surface area (TPSA) is 46.6 Å². The van der Waals surface area contributed by atoms with Crippen LogP contribution in [-0.2, 0) is 17.8 Å². The zero-order chi connectivity index (χ0) is 17.8. The van der Waals surface area contributed by atoms with Gasteiger partial charge < -0.3 is 9.64 Å². The van der Waals surface area contributed by atoms with Crippen molar-refractivity contribution in [3.05, 3.63) is 63.6 Å². The lowest BCUT2D eigenvalue weighted by Gasteiger charge is -2.28. The number of carbonyl (C=O) groups is 2. The molecular formula is C20H20BrNO3. The number of halogens is 1. The first-order valence-corrected chi connectivity index (χ1v) is 9.18. The second kappa shape index (κ2) is 7.83. The number of amides is 1. The molecule has 1 aliphatic heterocycles. The average molecular weight is 402 g/mol. The van der Waals surface area contributed by atoms with E-state index in [2.05, 4.69) is 28.1 Å². The predicted molar refractivity (Wildman–Crippen MR) is 99.8 cm³/mol. The molecule has 0 fully saturated rings. The first kappa shape index (κ1) is 17.7. The fraction of sp³-hybridized carbons (Fsp3) is 0.300. The SMILES string of the molecule is CCC(=O)c1cc(Br)ccc1OCC(=O)N1CCc2ccccc2C1. The van der Waals surface area contributed by atoms with Crippen molar-refractivity contribution >= 4 is 27.6 Å². The lowest BCUT2D eigenvalue weighted by Crippen LogP contribution is -2.38. The average Bonchev–Trinajstić information content (AvgIpc) is 2.65. The minimum Gasteiger partial charge on any atom is -0.483 e. The minimum atomic E-state index is -0.0627. The summed E-state index contributed by atoms with van der Waals surface area (Å²) in [6.45, 7) is 3.05. The number of ketones is 1. The van der Waals surface area contributed by atoms with E-state index in [0.29, 0.717) is 30.8 Å². The molecule has 1 heterocycles. The molecule has 1 aliphatic rings. The predicted octanol–water partition coefficient (Wildman–Crippen LogP) is 4.01. The van der Waals surface area contributed by atoms with Crippen LogP contribution >= 0.6 is 15.9 Å². The Kier molecular flexibility index (Phi) is 5.53. The molecule has 0 aliphatic carbocycles. The molecule has 0 unspecified atom stereocenters. The smallest absolute Gasteiger partial charge is 0.260 e. The molecule has 0 N–H and O–H groups in total. The second-order valence-electron chi connectivity index (χ2n) is 6.04. The van der Waals surface area contributed by atoms with E-state index in [1.54, 1.807) is 12.1 Å². The Hall–Kier alpha value is -2.14. The molecule has 2 aromatic rings. The number of rotatable bonds is 5. The molecule has 4 nitrogen and oxygen atoms in total. The van der Waals surface area contributed by atoms with Gasteiger partial charge in [-0.05, 0) is 35.7 Å². The molecule has 0 saturated heterocycles. The van der Waals surface area contributed by atoms with E-state index in [1.807, 2.05) is 30.0 Å². The fourth-order valence-electron chi connectivity index (χ4n) is 2.98. The maximum absolute atomic E-state index is 12.5. The first-order valence-electron chi connectivity index (χ1n) is 8.38. The summed E-state index contributed by atoms with van der Waals surface area (Å²) in [5.41, 5.74) is 3.00. The minimum absolute atomic E-state index is 0.00403. The lowest BCUT2D eigenvalue weighted by atomic mass is 10.00. The third-order valence-corrected chi connectivity index (χ3v) is 4.89. The monoisotopic (exact) mass is 401 g/mol. The highest BCUT2D eigenvalue weighted by atomic mass is 79.9. The Labute approximate surface area is 155 Å². The number of ether oxygens (including phenoxy) is 1. The summed E-state index contributed by atoms with van der Waals surface area (Å²) in [5, 5.41) is 0. The van der Waals surface area contributed by atoms with Crippen LogP contribution < -0.4 is 4.74 Å². The zero-order valence-corrected chi connectivity index (χ0v) is 15.7. The fourth-order valence-corrected chi connectivity index (χ4v) is 3.34. The standard InChI is InChI=1S/C20H20BrNO3/c1-2-18(23)17-11-16(21)7-8-19(17)25-13-20(24)22-10-9-14-5-3-4-6-15(14)12-22/h3-8,11H,2,9-10,12-13H2,1H3. The summed E-state index contributed by atoms with van der Waals surface area (Å²) in [4.78, 5) is 26.4. The zero-order valence-electron chi connectivity index (χ0n) is 14.1. The quantitative estimate of drug-likeness (QED) is 0.711. The van der Waals surface area contributed by atoms with E-state index in [9.17, 15) is 9.59 Å². The van der Waals surface area contributed by atoms with Gasteiger partial charge in [0.2, 0.25) is 0 Å². The summed E-state index contributed by atoms with van der Waals surface area (Å²) < 4.78 is 6.50. The molecule has 2 aromatic carbocycles. The molecule has 3 rings (SSSR count). The molecule has 0 atom stereocenters. The van der Waals surface area contributed by atoms with Gasteiger partial charge in [-0.15, -0.1) is 0 Å². The van der Waals surface area contributed by atoms with Gasteiger partial charge in [-0.2, -0.15) is 0 Å². The van der Waals surface area contributed by atoms with Crippen molar-refractivity contribution < 1.29 is 14.3 Å². The van der Waals surface area contributed by atoms with Crippen LogP contribution in [0.2, 0.25) is 0 Å². The molecule has 0 aromatic heterocycles. The van der Waals surface area contributed by atoms with E-state index in [0.717, 1.165) is 10.9 Å². The molecular weight excluding hydrogens is 382 g/mol. The highest BCUT2D eigenvalue weighted by Gasteiger charge is 2.21. The van der Waals surface area contributed by atoms with Crippen LogP contribution in [0.4, 0.5) is 0 Å². The van der Waals surface area contributed by atoms with Crippen LogP contribution in [0.3, 0.4) is 0 Å². The normalized spacial score (nSPS) is 13.3. The molecule has 130 valence electrons. The van der Waals surface area contributed by atoms with Gasteiger partial charge >= 0.3 is 0 Å². The second-order valence-corrected chi connectivity index (χ2v) is 6.96. The summed E-state index contributed by atoms with van der Waals surface area (Å²) >= 11 is 3.37. The van der Waals surface area contributed by atoms with Crippen LogP contribution in [0.15, 0.2) is 46.9 Å². The summed E-state index contributed by atoms with van der Waals surface area (Å²) in [7, 11) is 0. The van der Waals surface area contributed by atoms with E-state index < -0.39 is 0 Å². The number of nitrogens with zero attached hydrogens (tertiary/aromatic N) is 1. The summed E-state index contributed by atoms with van der Waals surface area (Å²) in [5.74, 6) is 0.392. The van der Waals surface area contributed by atoms with Crippen molar-refractivity contribution in [3.8, 4) is 5.75 Å². The van der Waals surface area contributed by atoms with E-state index in [4.69, 9.17) is 4.74 Å². The van der Waals surface area contributed by atoms with Crippen molar-refractivity contribution in [2.24, 2.45) is 0 Å². The largest absolute Gasteiger partial charge is 0.483 e. The van der Waals surface area contributed by atoms with Gasteiger partial charge in [-0.1, -0.05) is 47.1 Å². The Morgan fingerprint density at radius 3 is 2.68 bits per heavy atom. The summed E-state index contributed by atoms with van der Waals surface area (Å²) in [6, 6.07) is 13.5. The van der Waals surface area contributed by atoms with E-state index >= 15 is 0 Å². The third kappa shape index (κ3) is 4.10. The van der Waals surface area contributed by atoms with Crippen molar-refractivity contribution in [2.45, 2.75) is 26.3 Å². The highest BCUT2D eigenvalue weighted by Crippen LogP contribution is 2.25. The Morgan fingerprint density at radius 2 is 1.92 bits per heavy atom. The van der Waals surface area contributed by atoms with Crippen LogP contribution in [-0.4, -0.2) is 29.7 Å². The van der Waals surface area contributed by atoms with Crippen molar-refractivity contribution in [1.29, 1.82) is 0 Å². The van der Waals surface area contributed by atoms with E-state index in [-0.39, 0.29) is 18.3 Å². The number of benzene rings is 2. The Bertz CT molecular complexity index is 803. The maximum atomic E-state index is 12.5. The number of hydrogen-bond donors (Lipinski definition) is 0. The number of hydrogen-bond acceptors (Lipinski definition) is 3. The summed E-state index contributed by atoms with van der Waals surface area (Å²) in [6.07, 6.45) is 1.25. The molecule has 5 heteroatoms. The number of carbonyl (C=O) groups excluding carboxylic acids is 2.